The van der Waals surface area contributed by atoms with Crippen molar-refractivity contribution in [2.75, 3.05) is 6.61 Å². The molecule has 0 saturated carbocycles. The van der Waals surface area contributed by atoms with Crippen LogP contribution in [0.2, 0.25) is 18.1 Å². The van der Waals surface area contributed by atoms with Crippen LogP contribution in [0.15, 0.2) is 11.3 Å². The highest BCUT2D eigenvalue weighted by molar-refractivity contribution is 6.74. The van der Waals surface area contributed by atoms with Crippen molar-refractivity contribution in [2.45, 2.75) is 71.2 Å². The Balaban J connectivity index is 3.03. The highest BCUT2D eigenvalue weighted by Gasteiger charge is 2.41. The zero-order chi connectivity index (χ0) is 15.6. The first-order chi connectivity index (χ1) is 9.08. The summed E-state index contributed by atoms with van der Waals surface area (Å²) in [7, 11) is -2.01. The third-order valence-electron chi connectivity index (χ3n) is 4.19. The predicted octanol–water partition coefficient (Wildman–Crippen LogP) is 3.37. The van der Waals surface area contributed by atoms with Crippen molar-refractivity contribution >= 4 is 14.3 Å². The van der Waals surface area contributed by atoms with E-state index in [1.165, 1.54) is 0 Å². The molecule has 0 aliphatic heterocycles. The zero-order valence-corrected chi connectivity index (χ0v) is 14.6. The van der Waals surface area contributed by atoms with E-state index in [0.29, 0.717) is 37.2 Å². The van der Waals surface area contributed by atoms with Gasteiger partial charge in [-0.25, -0.2) is 4.79 Å². The van der Waals surface area contributed by atoms with Crippen molar-refractivity contribution in [1.82, 2.24) is 0 Å². The SMILES string of the molecule is CCOC(=O)C1=C(O[Si](C)(C)C(C)(C)C)CC(O)CC1. The summed E-state index contributed by atoms with van der Waals surface area (Å²) in [6.07, 6.45) is 1.12. The molecule has 0 bridgehead atoms. The maximum Gasteiger partial charge on any atom is 0.337 e. The maximum absolute atomic E-state index is 12.0. The van der Waals surface area contributed by atoms with Crippen LogP contribution in [0.5, 0.6) is 0 Å². The van der Waals surface area contributed by atoms with E-state index in [1.54, 1.807) is 6.92 Å². The molecule has 0 spiro atoms. The van der Waals surface area contributed by atoms with Crippen LogP contribution in [-0.4, -0.2) is 32.1 Å². The number of carbonyl (C=O) groups is 1. The lowest BCUT2D eigenvalue weighted by molar-refractivity contribution is -0.139. The van der Waals surface area contributed by atoms with Gasteiger partial charge in [0.2, 0.25) is 8.32 Å². The molecular weight excluding hydrogens is 272 g/mol. The van der Waals surface area contributed by atoms with Crippen LogP contribution in [0.1, 0.15) is 47.0 Å². The molecule has 0 amide bonds. The van der Waals surface area contributed by atoms with Gasteiger partial charge in [-0.05, 0) is 37.9 Å². The van der Waals surface area contributed by atoms with Crippen LogP contribution in [0.25, 0.3) is 0 Å². The Hall–Kier alpha value is -0.813. The van der Waals surface area contributed by atoms with Gasteiger partial charge in [-0.2, -0.15) is 0 Å². The van der Waals surface area contributed by atoms with Gasteiger partial charge in [0.1, 0.15) is 0 Å². The molecular formula is C15H28O4Si. The summed E-state index contributed by atoms with van der Waals surface area (Å²) in [5.41, 5.74) is 0.613. The summed E-state index contributed by atoms with van der Waals surface area (Å²) in [6.45, 7) is 12.9. The Morgan fingerprint density at radius 1 is 1.40 bits per heavy atom. The first kappa shape index (κ1) is 17.2. The number of ether oxygens (including phenoxy) is 1. The van der Waals surface area contributed by atoms with Crippen molar-refractivity contribution in [3.05, 3.63) is 11.3 Å². The van der Waals surface area contributed by atoms with Gasteiger partial charge in [0.25, 0.3) is 0 Å². The molecule has 116 valence electrons. The van der Waals surface area contributed by atoms with Crippen molar-refractivity contribution in [1.29, 1.82) is 0 Å². The molecule has 1 aliphatic carbocycles. The van der Waals surface area contributed by atoms with Crippen molar-refractivity contribution in [3.63, 3.8) is 0 Å². The smallest absolute Gasteiger partial charge is 0.337 e. The predicted molar refractivity (Wildman–Crippen MR) is 81.8 cm³/mol. The van der Waals surface area contributed by atoms with Gasteiger partial charge < -0.3 is 14.3 Å². The van der Waals surface area contributed by atoms with Crippen LogP contribution < -0.4 is 0 Å². The molecule has 0 aromatic heterocycles. The minimum absolute atomic E-state index is 0.0577. The van der Waals surface area contributed by atoms with Crippen LogP contribution >= 0.6 is 0 Å². The lowest BCUT2D eigenvalue weighted by atomic mass is 9.95. The van der Waals surface area contributed by atoms with E-state index in [-0.39, 0.29) is 11.0 Å². The molecule has 0 radical (unpaired) electrons. The van der Waals surface area contributed by atoms with Gasteiger partial charge in [0.05, 0.1) is 24.0 Å². The quantitative estimate of drug-likeness (QED) is 0.639. The summed E-state index contributed by atoms with van der Waals surface area (Å²) in [5.74, 6) is 0.349. The summed E-state index contributed by atoms with van der Waals surface area (Å²) in [6, 6.07) is 0. The molecule has 1 rings (SSSR count). The van der Waals surface area contributed by atoms with Gasteiger partial charge in [0.15, 0.2) is 0 Å². The highest BCUT2D eigenvalue weighted by atomic mass is 28.4. The fourth-order valence-electron chi connectivity index (χ4n) is 1.89. The van der Waals surface area contributed by atoms with Crippen molar-refractivity contribution < 1.29 is 19.1 Å². The van der Waals surface area contributed by atoms with Gasteiger partial charge in [-0.3, -0.25) is 0 Å². The van der Waals surface area contributed by atoms with E-state index < -0.39 is 14.4 Å². The molecule has 1 unspecified atom stereocenters. The first-order valence-corrected chi connectivity index (χ1v) is 10.3. The molecule has 1 N–H and O–H groups in total. The standard InChI is InChI=1S/C15H28O4Si/c1-7-18-14(17)12-9-8-11(16)10-13(12)19-20(5,6)15(2,3)4/h11,16H,7-10H2,1-6H3. The second-order valence-corrected chi connectivity index (χ2v) is 11.6. The number of esters is 1. The number of rotatable bonds is 4. The Labute approximate surface area is 123 Å². The fraction of sp³-hybridized carbons (Fsp3) is 0.800. The molecule has 0 aromatic rings. The minimum atomic E-state index is -2.01. The summed E-state index contributed by atoms with van der Waals surface area (Å²) in [5, 5.41) is 9.92. The van der Waals surface area contributed by atoms with E-state index in [0.717, 1.165) is 0 Å². The fourth-order valence-corrected chi connectivity index (χ4v) is 3.02. The van der Waals surface area contributed by atoms with Gasteiger partial charge in [-0.1, -0.05) is 20.8 Å². The Morgan fingerprint density at radius 2 is 2.00 bits per heavy atom. The second-order valence-electron chi connectivity index (χ2n) is 6.88. The van der Waals surface area contributed by atoms with Gasteiger partial charge in [0, 0.05) is 6.42 Å². The summed E-state index contributed by atoms with van der Waals surface area (Å²) >= 11 is 0. The first-order valence-electron chi connectivity index (χ1n) is 7.34. The maximum atomic E-state index is 12.0. The molecule has 0 fully saturated rings. The van der Waals surface area contributed by atoms with E-state index in [9.17, 15) is 9.90 Å². The molecule has 0 aromatic carbocycles. The molecule has 0 heterocycles. The van der Waals surface area contributed by atoms with E-state index in [1.807, 2.05) is 0 Å². The Kier molecular flexibility index (Phi) is 5.44. The van der Waals surface area contributed by atoms with Crippen LogP contribution in [0, 0.1) is 0 Å². The van der Waals surface area contributed by atoms with Crippen molar-refractivity contribution in [3.8, 4) is 0 Å². The summed E-state index contributed by atoms with van der Waals surface area (Å²) in [4.78, 5) is 12.0. The van der Waals surface area contributed by atoms with Crippen LogP contribution in [0.3, 0.4) is 0 Å². The Bertz CT molecular complexity index is 393. The van der Waals surface area contributed by atoms with Crippen LogP contribution in [0.4, 0.5) is 0 Å². The molecule has 5 heteroatoms. The number of carbonyl (C=O) groups excluding carboxylic acids is 1. The molecule has 1 atom stereocenters. The van der Waals surface area contributed by atoms with Gasteiger partial charge in [-0.15, -0.1) is 0 Å². The topological polar surface area (TPSA) is 55.8 Å². The Morgan fingerprint density at radius 3 is 2.50 bits per heavy atom. The number of aliphatic hydroxyl groups excluding tert-OH is 1. The van der Waals surface area contributed by atoms with E-state index in [2.05, 4.69) is 33.9 Å². The number of aliphatic hydroxyl groups is 1. The molecule has 0 saturated heterocycles. The molecule has 1 aliphatic rings. The van der Waals surface area contributed by atoms with Gasteiger partial charge >= 0.3 is 5.97 Å². The van der Waals surface area contributed by atoms with E-state index in [4.69, 9.17) is 9.16 Å². The second kappa shape index (κ2) is 6.31. The van der Waals surface area contributed by atoms with E-state index >= 15 is 0 Å². The third-order valence-corrected chi connectivity index (χ3v) is 8.56. The largest absolute Gasteiger partial charge is 0.546 e. The molecule has 4 nitrogen and oxygen atoms in total. The number of hydrogen-bond acceptors (Lipinski definition) is 4. The average molecular weight is 300 g/mol. The minimum Gasteiger partial charge on any atom is -0.546 e. The number of hydrogen-bond donors (Lipinski definition) is 1. The highest BCUT2D eigenvalue weighted by Crippen LogP contribution is 2.40. The van der Waals surface area contributed by atoms with Crippen LogP contribution in [-0.2, 0) is 14.0 Å². The summed E-state index contributed by atoms with van der Waals surface area (Å²) < 4.78 is 11.4. The average Bonchev–Trinajstić information content (AvgIpc) is 2.27. The van der Waals surface area contributed by atoms with Crippen molar-refractivity contribution in [2.24, 2.45) is 0 Å². The zero-order valence-electron chi connectivity index (χ0n) is 13.6. The normalized spacial score (nSPS) is 20.9. The lowest BCUT2D eigenvalue weighted by Gasteiger charge is -2.39. The third kappa shape index (κ3) is 4.09. The molecule has 20 heavy (non-hydrogen) atoms. The monoisotopic (exact) mass is 300 g/mol. The lowest BCUT2D eigenvalue weighted by Crippen LogP contribution is -2.41.